The van der Waals surface area contributed by atoms with E-state index in [1.54, 1.807) is 37.3 Å². The van der Waals surface area contributed by atoms with Gasteiger partial charge in [0.15, 0.2) is 0 Å². The second kappa shape index (κ2) is 7.30. The molecule has 0 radical (unpaired) electrons. The summed E-state index contributed by atoms with van der Waals surface area (Å²) in [6.45, 7) is -1.06. The number of aromatic nitrogens is 2. The van der Waals surface area contributed by atoms with E-state index in [1.165, 1.54) is 12.1 Å². The number of aryl methyl sites for hydroxylation is 1. The van der Waals surface area contributed by atoms with Gasteiger partial charge >= 0.3 is 6.55 Å². The lowest BCUT2D eigenvalue weighted by Gasteiger charge is -2.10. The van der Waals surface area contributed by atoms with Gasteiger partial charge in [-0.25, -0.2) is 18.1 Å². The van der Waals surface area contributed by atoms with Gasteiger partial charge in [0, 0.05) is 18.0 Å². The van der Waals surface area contributed by atoms with Crippen molar-refractivity contribution in [1.29, 1.82) is 0 Å². The third kappa shape index (κ3) is 3.72. The predicted molar refractivity (Wildman–Crippen MR) is 96.1 cm³/mol. The fraction of sp³-hybridized carbons (Fsp3) is 0.235. The average Bonchev–Trinajstić information content (AvgIpc) is 2.95. The summed E-state index contributed by atoms with van der Waals surface area (Å²) in [5.74, 6) is 0.117. The fourth-order valence-corrected chi connectivity index (χ4v) is 3.91. The number of nitrogens with zero attached hydrogens (tertiary/aromatic N) is 2. The summed E-state index contributed by atoms with van der Waals surface area (Å²) in [6, 6.07) is 10.9. The van der Waals surface area contributed by atoms with Gasteiger partial charge in [-0.2, -0.15) is 8.78 Å². The Labute approximate surface area is 154 Å². The van der Waals surface area contributed by atoms with Gasteiger partial charge in [-0.15, -0.1) is 0 Å². The lowest BCUT2D eigenvalue weighted by molar-refractivity contribution is 0.0715. The summed E-state index contributed by atoms with van der Waals surface area (Å²) in [5.41, 5.74) is 1.51. The summed E-state index contributed by atoms with van der Waals surface area (Å²) in [6.07, 6.45) is 0.0256. The molecule has 0 aliphatic rings. The Hall–Kier alpha value is -2.03. The Balaban J connectivity index is 1.78. The van der Waals surface area contributed by atoms with E-state index < -0.39 is 16.6 Å². The van der Waals surface area contributed by atoms with Crippen molar-refractivity contribution in [2.24, 2.45) is 0 Å². The van der Waals surface area contributed by atoms with E-state index in [-0.39, 0.29) is 23.7 Å². The van der Waals surface area contributed by atoms with Crippen molar-refractivity contribution >= 4 is 32.7 Å². The van der Waals surface area contributed by atoms with E-state index in [1.807, 2.05) is 0 Å². The summed E-state index contributed by atoms with van der Waals surface area (Å²) in [4.78, 5) is 4.20. The molecule has 0 aliphatic heterocycles. The first-order valence-electron chi connectivity index (χ1n) is 7.79. The van der Waals surface area contributed by atoms with E-state index >= 15 is 0 Å². The molecular weight excluding hydrogens is 384 g/mol. The van der Waals surface area contributed by atoms with Gasteiger partial charge in [0.25, 0.3) is 0 Å². The van der Waals surface area contributed by atoms with Crippen molar-refractivity contribution in [2.45, 2.75) is 24.8 Å². The normalized spacial score (nSPS) is 12.2. The van der Waals surface area contributed by atoms with Crippen molar-refractivity contribution in [3.63, 3.8) is 0 Å². The fourth-order valence-electron chi connectivity index (χ4n) is 2.61. The number of hydrogen-bond acceptors (Lipinski definition) is 3. The van der Waals surface area contributed by atoms with Crippen LogP contribution in [0.1, 0.15) is 17.9 Å². The van der Waals surface area contributed by atoms with Crippen LogP contribution >= 0.6 is 11.6 Å². The Bertz CT molecular complexity index is 1050. The first kappa shape index (κ1) is 18.8. The Morgan fingerprint density at radius 2 is 1.96 bits per heavy atom. The van der Waals surface area contributed by atoms with Crippen LogP contribution in [0.4, 0.5) is 8.78 Å². The second-order valence-corrected chi connectivity index (χ2v) is 7.90. The molecule has 26 heavy (non-hydrogen) atoms. The zero-order chi connectivity index (χ0) is 18.9. The van der Waals surface area contributed by atoms with Crippen molar-refractivity contribution in [3.05, 3.63) is 58.9 Å². The van der Waals surface area contributed by atoms with Gasteiger partial charge in [-0.05, 0) is 36.8 Å². The molecule has 3 rings (SSSR count). The van der Waals surface area contributed by atoms with Gasteiger partial charge in [-0.1, -0.05) is 29.8 Å². The number of halogens is 3. The van der Waals surface area contributed by atoms with E-state index in [0.29, 0.717) is 16.1 Å². The maximum absolute atomic E-state index is 13.4. The predicted octanol–water partition coefficient (Wildman–Crippen LogP) is 3.91. The zero-order valence-electron chi connectivity index (χ0n) is 13.8. The third-order valence-electron chi connectivity index (χ3n) is 3.96. The van der Waals surface area contributed by atoms with Gasteiger partial charge in [0.1, 0.15) is 5.82 Å². The number of fused-ring (bicyclic) bond motifs is 1. The van der Waals surface area contributed by atoms with Crippen molar-refractivity contribution in [1.82, 2.24) is 14.3 Å². The molecular formula is C17H16ClF2N3O2S. The minimum Gasteiger partial charge on any atom is -0.270 e. The van der Waals surface area contributed by atoms with Crippen LogP contribution in [0.25, 0.3) is 11.0 Å². The molecule has 138 valence electrons. The highest BCUT2D eigenvalue weighted by Gasteiger charge is 2.19. The highest BCUT2D eigenvalue weighted by Crippen LogP contribution is 2.23. The minimum absolute atomic E-state index is 0.0236. The number of imidazole rings is 1. The molecule has 1 heterocycles. The van der Waals surface area contributed by atoms with Crippen LogP contribution < -0.4 is 4.72 Å². The standard InChI is InChI=1S/C17H16ClF2N3O2S/c1-11-6-7-12(10-13(11)18)26(24,25)21-9-8-16-22-14-4-2-3-5-15(14)23(16)17(19)20/h2-7,10,17,21H,8-9H2,1H3. The van der Waals surface area contributed by atoms with Crippen LogP contribution in [0.5, 0.6) is 0 Å². The van der Waals surface area contributed by atoms with Crippen LogP contribution in [0, 0.1) is 6.92 Å². The summed E-state index contributed by atoms with van der Waals surface area (Å²) in [5, 5.41) is 0.340. The molecule has 0 unspecified atom stereocenters. The summed E-state index contributed by atoms with van der Waals surface area (Å²) >= 11 is 5.96. The van der Waals surface area contributed by atoms with E-state index in [2.05, 4.69) is 9.71 Å². The van der Waals surface area contributed by atoms with Crippen LogP contribution in [0.3, 0.4) is 0 Å². The first-order valence-corrected chi connectivity index (χ1v) is 9.65. The van der Waals surface area contributed by atoms with E-state index in [4.69, 9.17) is 11.6 Å². The molecule has 2 aromatic carbocycles. The highest BCUT2D eigenvalue weighted by molar-refractivity contribution is 7.89. The molecule has 0 saturated carbocycles. The topological polar surface area (TPSA) is 64.0 Å². The number of rotatable bonds is 6. The second-order valence-electron chi connectivity index (χ2n) is 5.72. The maximum Gasteiger partial charge on any atom is 0.320 e. The molecule has 0 aliphatic carbocycles. The first-order chi connectivity index (χ1) is 12.3. The lowest BCUT2D eigenvalue weighted by atomic mass is 10.2. The Kier molecular flexibility index (Phi) is 5.27. The van der Waals surface area contributed by atoms with Crippen LogP contribution in [0.2, 0.25) is 5.02 Å². The third-order valence-corrected chi connectivity index (χ3v) is 5.82. The Morgan fingerprint density at radius 1 is 1.23 bits per heavy atom. The SMILES string of the molecule is Cc1ccc(S(=O)(=O)NCCc2nc3ccccc3n2C(F)F)cc1Cl. The molecule has 0 fully saturated rings. The average molecular weight is 400 g/mol. The molecule has 0 spiro atoms. The Morgan fingerprint density at radius 3 is 2.65 bits per heavy atom. The number of para-hydroxylation sites is 2. The number of sulfonamides is 1. The van der Waals surface area contributed by atoms with E-state index in [9.17, 15) is 17.2 Å². The monoisotopic (exact) mass is 399 g/mol. The summed E-state index contributed by atoms with van der Waals surface area (Å²) < 4.78 is 54.6. The van der Waals surface area contributed by atoms with E-state index in [0.717, 1.165) is 10.1 Å². The quantitative estimate of drug-likeness (QED) is 0.683. The van der Waals surface area contributed by atoms with Gasteiger partial charge in [-0.3, -0.25) is 4.57 Å². The maximum atomic E-state index is 13.4. The van der Waals surface area contributed by atoms with Crippen molar-refractivity contribution < 1.29 is 17.2 Å². The molecule has 0 amide bonds. The van der Waals surface area contributed by atoms with Crippen LogP contribution in [0.15, 0.2) is 47.4 Å². The molecule has 9 heteroatoms. The summed E-state index contributed by atoms with van der Waals surface area (Å²) in [7, 11) is -3.79. The van der Waals surface area contributed by atoms with Gasteiger partial charge in [0.05, 0.1) is 15.9 Å². The smallest absolute Gasteiger partial charge is 0.270 e. The molecule has 1 aromatic heterocycles. The number of alkyl halides is 2. The molecule has 3 aromatic rings. The minimum atomic E-state index is -3.79. The van der Waals surface area contributed by atoms with Crippen molar-refractivity contribution in [3.8, 4) is 0 Å². The van der Waals surface area contributed by atoms with Crippen molar-refractivity contribution in [2.75, 3.05) is 6.54 Å². The number of hydrogen-bond donors (Lipinski definition) is 1. The molecule has 0 saturated heterocycles. The van der Waals surface area contributed by atoms with Gasteiger partial charge < -0.3 is 0 Å². The van der Waals surface area contributed by atoms with Crippen LogP contribution in [-0.4, -0.2) is 24.5 Å². The molecule has 5 nitrogen and oxygen atoms in total. The lowest BCUT2D eigenvalue weighted by Crippen LogP contribution is -2.26. The van der Waals surface area contributed by atoms with Gasteiger partial charge in [0.2, 0.25) is 10.0 Å². The highest BCUT2D eigenvalue weighted by atomic mass is 35.5. The molecule has 0 atom stereocenters. The molecule has 0 bridgehead atoms. The zero-order valence-corrected chi connectivity index (χ0v) is 15.4. The number of nitrogens with one attached hydrogen (secondary N) is 1. The largest absolute Gasteiger partial charge is 0.320 e. The molecule has 1 N–H and O–H groups in total. The van der Waals surface area contributed by atoms with Crippen LogP contribution in [-0.2, 0) is 16.4 Å². The number of benzene rings is 2.